The first-order valence-electron chi connectivity index (χ1n) is 18.0. The molecule has 1 aromatic heterocycles. The summed E-state index contributed by atoms with van der Waals surface area (Å²) in [4.78, 5) is 5.20. The highest BCUT2D eigenvalue weighted by Gasteiger charge is 2.40. The number of fused-ring (bicyclic) bond motifs is 1. The molecule has 10 aromatic rings. The smallest absolute Gasteiger partial charge is 0.145 e. The minimum absolute atomic E-state index is 0.622. The summed E-state index contributed by atoms with van der Waals surface area (Å²) in [5.74, 6) is 0.928. The fourth-order valence-electron chi connectivity index (χ4n) is 8.57. The highest BCUT2D eigenvalue weighted by molar-refractivity contribution is 6.24. The first-order chi connectivity index (χ1) is 25.6. The second-order valence-corrected chi connectivity index (χ2v) is 14.1. The summed E-state index contributed by atoms with van der Waals surface area (Å²) < 4.78 is 2.28. The zero-order valence-electron chi connectivity index (χ0n) is 29.2. The Balaban J connectivity index is 1.30. The number of imidazole rings is 1. The molecule has 0 aliphatic heterocycles. The zero-order chi connectivity index (χ0) is 34.8. The Morgan fingerprint density at radius 3 is 1.69 bits per heavy atom. The molecule has 0 saturated heterocycles. The van der Waals surface area contributed by atoms with Crippen molar-refractivity contribution in [1.82, 2.24) is 9.55 Å². The summed E-state index contributed by atoms with van der Waals surface area (Å²) in [5.41, 5.74) is 11.1. The van der Waals surface area contributed by atoms with Crippen molar-refractivity contribution in [2.45, 2.75) is 19.3 Å². The average Bonchev–Trinajstić information content (AvgIpc) is 3.59. The van der Waals surface area contributed by atoms with Gasteiger partial charge in [0.05, 0.1) is 16.4 Å². The van der Waals surface area contributed by atoms with Gasteiger partial charge >= 0.3 is 0 Å². The van der Waals surface area contributed by atoms with Crippen LogP contribution in [0.3, 0.4) is 0 Å². The highest BCUT2D eigenvalue weighted by atomic mass is 15.1. The van der Waals surface area contributed by atoms with Crippen LogP contribution in [0.1, 0.15) is 33.4 Å². The van der Waals surface area contributed by atoms with Crippen LogP contribution >= 0.6 is 0 Å². The third-order valence-electron chi connectivity index (χ3n) is 11.0. The third kappa shape index (κ3) is 4.54. The van der Waals surface area contributed by atoms with E-state index in [0.717, 1.165) is 28.1 Å². The normalized spacial score (nSPS) is 12.0. The van der Waals surface area contributed by atoms with Crippen molar-refractivity contribution >= 4 is 43.4 Å². The van der Waals surface area contributed by atoms with Crippen LogP contribution < -0.4 is 0 Å². The molecular weight excluding hydrogens is 629 g/mol. The lowest BCUT2D eigenvalue weighted by Crippen LogP contribution is -2.31. The Kier molecular flexibility index (Phi) is 6.87. The number of hydrogen-bond donors (Lipinski definition) is 0. The third-order valence-corrected chi connectivity index (χ3v) is 11.0. The quantitative estimate of drug-likeness (QED) is 0.128. The van der Waals surface area contributed by atoms with E-state index in [1.165, 1.54) is 65.7 Å². The number of aryl methyl sites for hydroxylation is 2. The van der Waals surface area contributed by atoms with Crippen LogP contribution in [-0.4, -0.2) is 9.55 Å². The lowest BCUT2D eigenvalue weighted by atomic mass is 9.63. The van der Waals surface area contributed by atoms with E-state index in [1.54, 1.807) is 0 Å². The van der Waals surface area contributed by atoms with E-state index in [1.807, 2.05) is 0 Å². The standard InChI is InChI=1S/C50H36N2/c1-33-18-26-39(27-19-33)50(40-28-20-34(2)21-29-40,44-32-38-12-8-10-35-22-23-36-11-9-15-43(44)48(36)47(35)38)41-30-24-37(25-31-41)49-51-45-16-6-7-17-46(45)52(49)42-13-4-3-5-14-42/h3-32H,1-2H3. The fourth-order valence-corrected chi connectivity index (χ4v) is 8.57. The van der Waals surface area contributed by atoms with Gasteiger partial charge in [-0.15, -0.1) is 0 Å². The van der Waals surface area contributed by atoms with E-state index in [9.17, 15) is 0 Å². The maximum Gasteiger partial charge on any atom is 0.145 e. The number of para-hydroxylation sites is 3. The van der Waals surface area contributed by atoms with Crippen LogP contribution in [0.5, 0.6) is 0 Å². The molecule has 1 heterocycles. The molecule has 0 bridgehead atoms. The summed E-state index contributed by atoms with van der Waals surface area (Å²) in [5, 5.41) is 7.72. The van der Waals surface area contributed by atoms with Crippen molar-refractivity contribution in [3.63, 3.8) is 0 Å². The van der Waals surface area contributed by atoms with Crippen molar-refractivity contribution in [1.29, 1.82) is 0 Å². The minimum atomic E-state index is -0.622. The molecule has 0 N–H and O–H groups in total. The molecule has 0 spiro atoms. The Morgan fingerprint density at radius 2 is 1.02 bits per heavy atom. The maximum atomic E-state index is 5.20. The SMILES string of the molecule is Cc1ccc(C(c2ccc(C)cc2)(c2ccc(-c3nc4ccccc4n3-c3ccccc3)cc2)c2cc3cccc4ccc5cccc2c5c43)cc1. The topological polar surface area (TPSA) is 17.8 Å². The van der Waals surface area contributed by atoms with Crippen LogP contribution in [0.15, 0.2) is 182 Å². The van der Waals surface area contributed by atoms with Gasteiger partial charge in [-0.2, -0.15) is 0 Å². The van der Waals surface area contributed by atoms with Gasteiger partial charge in [0, 0.05) is 11.3 Å². The molecule has 0 fully saturated rings. The van der Waals surface area contributed by atoms with Crippen LogP contribution in [0.25, 0.3) is 60.4 Å². The minimum Gasteiger partial charge on any atom is -0.292 e. The molecule has 0 aliphatic rings. The van der Waals surface area contributed by atoms with E-state index in [2.05, 4.69) is 200 Å². The van der Waals surface area contributed by atoms with Gasteiger partial charge in [0.25, 0.3) is 0 Å². The summed E-state index contributed by atoms with van der Waals surface area (Å²) in [6, 6.07) is 67.1. The van der Waals surface area contributed by atoms with Gasteiger partial charge in [-0.25, -0.2) is 4.98 Å². The largest absolute Gasteiger partial charge is 0.292 e. The lowest BCUT2D eigenvalue weighted by Gasteiger charge is -2.38. The fraction of sp³-hybridized carbons (Fsp3) is 0.0600. The molecule has 0 aliphatic carbocycles. The number of nitrogens with zero attached hydrogens (tertiary/aromatic N) is 2. The van der Waals surface area contributed by atoms with Gasteiger partial charge in [0.2, 0.25) is 0 Å². The number of benzene rings is 9. The van der Waals surface area contributed by atoms with Crippen molar-refractivity contribution in [2.24, 2.45) is 0 Å². The zero-order valence-corrected chi connectivity index (χ0v) is 29.2. The van der Waals surface area contributed by atoms with E-state index < -0.39 is 5.41 Å². The van der Waals surface area contributed by atoms with Gasteiger partial charge in [-0.05, 0) is 98.8 Å². The van der Waals surface area contributed by atoms with Gasteiger partial charge in [0.15, 0.2) is 0 Å². The van der Waals surface area contributed by atoms with E-state index in [4.69, 9.17) is 4.98 Å². The van der Waals surface area contributed by atoms with Crippen LogP contribution in [0.4, 0.5) is 0 Å². The average molecular weight is 665 g/mol. The molecule has 0 atom stereocenters. The Morgan fingerprint density at radius 1 is 0.462 bits per heavy atom. The predicted octanol–water partition coefficient (Wildman–Crippen LogP) is 12.6. The van der Waals surface area contributed by atoms with Crippen molar-refractivity contribution in [3.05, 3.63) is 215 Å². The molecule has 9 aromatic carbocycles. The van der Waals surface area contributed by atoms with Crippen LogP contribution in [0.2, 0.25) is 0 Å². The molecule has 0 amide bonds. The highest BCUT2D eigenvalue weighted by Crippen LogP contribution is 2.50. The van der Waals surface area contributed by atoms with E-state index in [0.29, 0.717) is 0 Å². The molecule has 246 valence electrons. The molecule has 10 rings (SSSR count). The Hall–Kier alpha value is -6.51. The van der Waals surface area contributed by atoms with Crippen molar-refractivity contribution in [2.75, 3.05) is 0 Å². The molecule has 2 nitrogen and oxygen atoms in total. The van der Waals surface area contributed by atoms with Crippen LogP contribution in [-0.2, 0) is 5.41 Å². The van der Waals surface area contributed by atoms with Crippen LogP contribution in [0, 0.1) is 13.8 Å². The predicted molar refractivity (Wildman–Crippen MR) is 218 cm³/mol. The van der Waals surface area contributed by atoms with Gasteiger partial charge in [0.1, 0.15) is 5.82 Å². The molecule has 2 heteroatoms. The monoisotopic (exact) mass is 664 g/mol. The Bertz CT molecular complexity index is 2830. The van der Waals surface area contributed by atoms with E-state index >= 15 is 0 Å². The molecular formula is C50H36N2. The van der Waals surface area contributed by atoms with Crippen molar-refractivity contribution < 1.29 is 0 Å². The number of hydrogen-bond acceptors (Lipinski definition) is 1. The summed E-state index contributed by atoms with van der Waals surface area (Å²) in [6.07, 6.45) is 0. The Labute approximate surface area is 303 Å². The lowest BCUT2D eigenvalue weighted by molar-refractivity contribution is 0.753. The second kappa shape index (κ2) is 11.8. The first kappa shape index (κ1) is 30.3. The van der Waals surface area contributed by atoms with Gasteiger partial charge < -0.3 is 0 Å². The van der Waals surface area contributed by atoms with Gasteiger partial charge in [-0.1, -0.05) is 163 Å². The first-order valence-corrected chi connectivity index (χ1v) is 18.0. The molecule has 0 unspecified atom stereocenters. The number of aromatic nitrogens is 2. The maximum absolute atomic E-state index is 5.20. The molecule has 0 saturated carbocycles. The summed E-state index contributed by atoms with van der Waals surface area (Å²) >= 11 is 0. The summed E-state index contributed by atoms with van der Waals surface area (Å²) in [6.45, 7) is 4.34. The molecule has 0 radical (unpaired) electrons. The number of rotatable bonds is 6. The second-order valence-electron chi connectivity index (χ2n) is 14.1. The summed E-state index contributed by atoms with van der Waals surface area (Å²) in [7, 11) is 0. The van der Waals surface area contributed by atoms with Crippen molar-refractivity contribution in [3.8, 4) is 17.1 Å². The molecule has 52 heavy (non-hydrogen) atoms. The van der Waals surface area contributed by atoms with E-state index in [-0.39, 0.29) is 0 Å². The van der Waals surface area contributed by atoms with Gasteiger partial charge in [-0.3, -0.25) is 4.57 Å².